The van der Waals surface area contributed by atoms with E-state index in [1.54, 1.807) is 0 Å². The van der Waals surface area contributed by atoms with Gasteiger partial charge in [-0.25, -0.2) is 0 Å². The fourth-order valence-corrected chi connectivity index (χ4v) is 3.53. The molecule has 1 saturated heterocycles. The fraction of sp³-hybridized carbons (Fsp3) is 0.467. The van der Waals surface area contributed by atoms with Crippen LogP contribution >= 0.6 is 28.1 Å². The molecular formula is C15H18BrN3OS. The second-order valence-electron chi connectivity index (χ2n) is 5.43. The first-order valence-corrected chi connectivity index (χ1v) is 8.51. The highest BCUT2D eigenvalue weighted by Gasteiger charge is 2.16. The van der Waals surface area contributed by atoms with E-state index in [2.05, 4.69) is 20.9 Å². The van der Waals surface area contributed by atoms with E-state index in [0.717, 1.165) is 41.4 Å². The number of likely N-dealkylation sites (tertiary alicyclic amines) is 1. The van der Waals surface area contributed by atoms with Gasteiger partial charge >= 0.3 is 0 Å². The normalized spacial score (nSPS) is 15.6. The van der Waals surface area contributed by atoms with E-state index < -0.39 is 0 Å². The highest BCUT2D eigenvalue weighted by Crippen LogP contribution is 2.20. The lowest BCUT2D eigenvalue weighted by molar-refractivity contribution is -0.132. The smallest absolute Gasteiger partial charge is 0.224 e. The number of carbonyl (C=O) groups is 1. The van der Waals surface area contributed by atoms with E-state index >= 15 is 0 Å². The minimum absolute atomic E-state index is 0.239. The van der Waals surface area contributed by atoms with Crippen molar-refractivity contribution in [3.8, 4) is 0 Å². The van der Waals surface area contributed by atoms with Gasteiger partial charge in [-0.2, -0.15) is 0 Å². The quantitative estimate of drug-likeness (QED) is 0.836. The van der Waals surface area contributed by atoms with Crippen molar-refractivity contribution in [1.29, 1.82) is 0 Å². The van der Waals surface area contributed by atoms with E-state index in [1.807, 2.05) is 27.7 Å². The van der Waals surface area contributed by atoms with Gasteiger partial charge in [-0.1, -0.05) is 15.9 Å². The summed E-state index contributed by atoms with van der Waals surface area (Å²) in [4.78, 5) is 17.4. The molecular weight excluding hydrogens is 350 g/mol. The van der Waals surface area contributed by atoms with E-state index in [-0.39, 0.29) is 5.91 Å². The summed E-state index contributed by atoms with van der Waals surface area (Å²) in [6.45, 7) is 2.45. The van der Waals surface area contributed by atoms with Crippen molar-refractivity contribution in [2.24, 2.45) is 0 Å². The number of aromatic nitrogens is 2. The van der Waals surface area contributed by atoms with Crippen LogP contribution in [0.2, 0.25) is 0 Å². The van der Waals surface area contributed by atoms with Crippen LogP contribution in [0.4, 0.5) is 0 Å². The number of carbonyl (C=O) groups excluding carboxylic acids is 1. The highest BCUT2D eigenvalue weighted by molar-refractivity contribution is 9.10. The third-order valence-electron chi connectivity index (χ3n) is 3.99. The van der Waals surface area contributed by atoms with Crippen LogP contribution in [-0.2, 0) is 11.3 Å². The molecule has 112 valence electrons. The number of fused-ring (bicyclic) bond motifs is 1. The molecule has 0 saturated carbocycles. The molecule has 1 N–H and O–H groups in total. The average Bonchev–Trinajstić information content (AvgIpc) is 2.80. The summed E-state index contributed by atoms with van der Waals surface area (Å²) in [6, 6.07) is 6.03. The zero-order chi connectivity index (χ0) is 14.8. The lowest BCUT2D eigenvalue weighted by atomic mass is 10.1. The molecule has 1 aromatic heterocycles. The number of piperidine rings is 1. The van der Waals surface area contributed by atoms with Gasteiger partial charge in [-0.05, 0) is 49.7 Å². The van der Waals surface area contributed by atoms with Crippen molar-refractivity contribution < 1.29 is 4.79 Å². The van der Waals surface area contributed by atoms with Crippen molar-refractivity contribution in [3.63, 3.8) is 0 Å². The molecule has 0 unspecified atom stereocenters. The number of halogens is 1. The van der Waals surface area contributed by atoms with Crippen LogP contribution in [0.3, 0.4) is 0 Å². The highest BCUT2D eigenvalue weighted by atomic mass is 79.9. The molecule has 21 heavy (non-hydrogen) atoms. The van der Waals surface area contributed by atoms with Gasteiger partial charge < -0.3 is 14.5 Å². The molecule has 2 aromatic rings. The Balaban J connectivity index is 1.74. The first-order valence-electron chi connectivity index (χ1n) is 7.31. The summed E-state index contributed by atoms with van der Waals surface area (Å²) in [6.07, 6.45) is 4.02. The van der Waals surface area contributed by atoms with Crippen LogP contribution in [0.15, 0.2) is 22.7 Å². The number of nitrogens with one attached hydrogen (secondary N) is 1. The molecule has 0 bridgehead atoms. The number of imidazole rings is 1. The maximum atomic E-state index is 12.3. The number of aryl methyl sites for hydroxylation is 1. The Morgan fingerprint density at radius 2 is 2.05 bits per heavy atom. The number of rotatable bonds is 3. The van der Waals surface area contributed by atoms with Gasteiger partial charge in [0.1, 0.15) is 0 Å². The molecule has 4 nitrogen and oxygen atoms in total. The molecule has 1 amide bonds. The Hall–Kier alpha value is -1.14. The fourth-order valence-electron chi connectivity index (χ4n) is 2.87. The van der Waals surface area contributed by atoms with Crippen molar-refractivity contribution >= 4 is 45.1 Å². The lowest BCUT2D eigenvalue weighted by Gasteiger charge is -2.26. The molecule has 6 heteroatoms. The van der Waals surface area contributed by atoms with Crippen molar-refractivity contribution in [3.05, 3.63) is 27.4 Å². The van der Waals surface area contributed by atoms with Gasteiger partial charge in [0, 0.05) is 30.5 Å². The van der Waals surface area contributed by atoms with Crippen LogP contribution in [0, 0.1) is 4.77 Å². The van der Waals surface area contributed by atoms with E-state index in [4.69, 9.17) is 12.2 Å². The number of H-pyrrole nitrogens is 1. The molecule has 1 aliphatic rings. The van der Waals surface area contributed by atoms with Crippen molar-refractivity contribution in [1.82, 2.24) is 14.5 Å². The van der Waals surface area contributed by atoms with E-state index in [1.165, 1.54) is 6.42 Å². The maximum absolute atomic E-state index is 12.3. The van der Waals surface area contributed by atoms with Gasteiger partial charge in [0.15, 0.2) is 4.77 Å². The number of nitrogens with zero attached hydrogens (tertiary/aromatic N) is 2. The number of benzene rings is 1. The molecule has 0 atom stereocenters. The molecule has 1 fully saturated rings. The molecule has 2 heterocycles. The summed E-state index contributed by atoms with van der Waals surface area (Å²) in [5.41, 5.74) is 2.05. The van der Waals surface area contributed by atoms with Gasteiger partial charge in [-0.3, -0.25) is 4.79 Å². The predicted molar refractivity (Wildman–Crippen MR) is 89.9 cm³/mol. The summed E-state index contributed by atoms with van der Waals surface area (Å²) < 4.78 is 3.70. The number of hydrogen-bond donors (Lipinski definition) is 1. The largest absolute Gasteiger partial charge is 0.343 e. The minimum Gasteiger partial charge on any atom is -0.343 e. The SMILES string of the molecule is O=C(CCn1c(=S)[nH]c2cc(Br)ccc21)N1CCCCC1. The Bertz CT molecular complexity index is 715. The topological polar surface area (TPSA) is 41.0 Å². The van der Waals surface area contributed by atoms with Crippen LogP contribution in [0.25, 0.3) is 11.0 Å². The average molecular weight is 368 g/mol. The van der Waals surface area contributed by atoms with Gasteiger partial charge in [-0.15, -0.1) is 0 Å². The van der Waals surface area contributed by atoms with Crippen LogP contribution in [0.5, 0.6) is 0 Å². The van der Waals surface area contributed by atoms with Gasteiger partial charge in [0.25, 0.3) is 0 Å². The zero-order valence-electron chi connectivity index (χ0n) is 11.8. The number of aromatic amines is 1. The molecule has 1 aromatic carbocycles. The van der Waals surface area contributed by atoms with Crippen molar-refractivity contribution in [2.75, 3.05) is 13.1 Å². The maximum Gasteiger partial charge on any atom is 0.224 e. The summed E-state index contributed by atoms with van der Waals surface area (Å²) in [7, 11) is 0. The molecule has 0 radical (unpaired) electrons. The third-order valence-corrected chi connectivity index (χ3v) is 4.81. The van der Waals surface area contributed by atoms with E-state index in [9.17, 15) is 4.79 Å². The first kappa shape index (κ1) is 14.8. The van der Waals surface area contributed by atoms with Crippen LogP contribution < -0.4 is 0 Å². The Kier molecular flexibility index (Phi) is 4.45. The van der Waals surface area contributed by atoms with Crippen LogP contribution in [-0.4, -0.2) is 33.4 Å². The van der Waals surface area contributed by atoms with Gasteiger partial charge in [0.2, 0.25) is 5.91 Å². The molecule has 0 spiro atoms. The second-order valence-corrected chi connectivity index (χ2v) is 6.74. The second kappa shape index (κ2) is 6.32. The summed E-state index contributed by atoms with van der Waals surface area (Å²) in [5, 5.41) is 0. The van der Waals surface area contributed by atoms with Gasteiger partial charge in [0.05, 0.1) is 11.0 Å². The predicted octanol–water partition coefficient (Wildman–Crippen LogP) is 3.86. The minimum atomic E-state index is 0.239. The van der Waals surface area contributed by atoms with Crippen molar-refractivity contribution in [2.45, 2.75) is 32.2 Å². The first-order chi connectivity index (χ1) is 10.1. The third kappa shape index (κ3) is 3.21. The Morgan fingerprint density at radius 1 is 1.29 bits per heavy atom. The lowest BCUT2D eigenvalue weighted by Crippen LogP contribution is -2.36. The number of amides is 1. The van der Waals surface area contributed by atoms with Crippen LogP contribution in [0.1, 0.15) is 25.7 Å². The Morgan fingerprint density at radius 3 is 2.81 bits per heavy atom. The standard InChI is InChI=1S/C15H18BrN3OS/c16-11-4-5-13-12(10-11)17-15(21)19(13)9-6-14(20)18-7-2-1-3-8-18/h4-5,10H,1-3,6-9H2,(H,17,21). The Labute approximate surface area is 137 Å². The molecule has 3 rings (SSSR count). The monoisotopic (exact) mass is 367 g/mol. The number of hydrogen-bond acceptors (Lipinski definition) is 2. The molecule has 0 aliphatic carbocycles. The van der Waals surface area contributed by atoms with E-state index in [0.29, 0.717) is 17.7 Å². The molecule has 1 aliphatic heterocycles. The summed E-state index contributed by atoms with van der Waals surface area (Å²) >= 11 is 8.83. The zero-order valence-corrected chi connectivity index (χ0v) is 14.2. The summed E-state index contributed by atoms with van der Waals surface area (Å²) in [5.74, 6) is 0.239.